The molecule has 8 heteroatoms. The van der Waals surface area contributed by atoms with Crippen LogP contribution in [0.4, 0.5) is 0 Å². The molecule has 8 bridgehead atoms. The molecule has 300 valence electrons. The van der Waals surface area contributed by atoms with Gasteiger partial charge in [-0.25, -0.2) is 0 Å². The molecule has 0 saturated heterocycles. The molecule has 4 aromatic carbocycles. The van der Waals surface area contributed by atoms with Gasteiger partial charge in [-0.05, 0) is 144 Å². The van der Waals surface area contributed by atoms with Crippen molar-refractivity contribution in [2.45, 2.75) is 0 Å². The van der Waals surface area contributed by atoms with E-state index in [1.165, 1.54) is 0 Å². The Bertz CT molecular complexity index is 3590. The summed E-state index contributed by atoms with van der Waals surface area (Å²) in [6, 6.07) is 61.0. The molecule has 9 heterocycles. The highest BCUT2D eigenvalue weighted by atomic mass is 32.1. The first-order chi connectivity index (χ1) is 31.7. The standard InChI is InChI=1S/C56H34N6S2/c1-5-33-29-37(9-13-41(33)57-25-1)53-45-17-18-46(61-45)54(38-10-14-42-34(30-38)6-2-26-58-42)51-23-24-52(64-51)56(40-12-16-44-36(32-40)8-4-28-60-44)48-20-19-47(62-48)55(50-22-21-49(53)63-50)39-11-15-43-35(31-39)7-3-27-59-43/h1-32,61-62H. The Hall–Kier alpha value is -8.04. The number of hydrogen-bond acceptors (Lipinski definition) is 6. The smallest absolute Gasteiger partial charge is 0.0702 e. The molecule has 1 aliphatic rings. The summed E-state index contributed by atoms with van der Waals surface area (Å²) in [7, 11) is 0. The number of nitrogens with zero attached hydrogens (tertiary/aromatic N) is 4. The van der Waals surface area contributed by atoms with Crippen LogP contribution in [0.2, 0.25) is 0 Å². The molecule has 64 heavy (non-hydrogen) atoms. The Balaban J connectivity index is 1.16. The summed E-state index contributed by atoms with van der Waals surface area (Å²) in [5.74, 6) is 0. The van der Waals surface area contributed by atoms with Gasteiger partial charge in [0.25, 0.3) is 0 Å². The molecule has 13 rings (SSSR count). The van der Waals surface area contributed by atoms with Crippen molar-refractivity contribution in [3.63, 3.8) is 0 Å². The van der Waals surface area contributed by atoms with Gasteiger partial charge in [0.15, 0.2) is 0 Å². The van der Waals surface area contributed by atoms with E-state index in [-0.39, 0.29) is 0 Å². The fraction of sp³-hybridized carbons (Fsp3) is 0. The van der Waals surface area contributed by atoms with Gasteiger partial charge in [0.2, 0.25) is 0 Å². The van der Waals surface area contributed by atoms with E-state index in [1.54, 1.807) is 22.7 Å². The minimum Gasteiger partial charge on any atom is -0.354 e. The highest BCUT2D eigenvalue weighted by Crippen LogP contribution is 2.32. The third kappa shape index (κ3) is 6.22. The Labute approximate surface area is 374 Å². The summed E-state index contributed by atoms with van der Waals surface area (Å²) in [5.41, 5.74) is 17.0. The predicted octanol–water partition coefficient (Wildman–Crippen LogP) is 9.96. The van der Waals surface area contributed by atoms with Gasteiger partial charge in [-0.15, -0.1) is 22.7 Å². The molecule has 1 aliphatic heterocycles. The van der Waals surface area contributed by atoms with Crippen LogP contribution < -0.4 is 18.1 Å². The Kier molecular flexibility index (Phi) is 8.47. The Morgan fingerprint density at radius 2 is 0.547 bits per heavy atom. The highest BCUT2D eigenvalue weighted by Gasteiger charge is 2.20. The number of pyridine rings is 4. The molecule has 6 nitrogen and oxygen atoms in total. The number of H-pyrrole nitrogens is 2. The van der Waals surface area contributed by atoms with E-state index < -0.39 is 0 Å². The van der Waals surface area contributed by atoms with Crippen molar-refractivity contribution in [3.8, 4) is 0 Å². The monoisotopic (exact) mass is 854 g/mol. The van der Waals surface area contributed by atoms with E-state index in [1.807, 2.05) is 49.1 Å². The maximum absolute atomic E-state index is 4.66. The van der Waals surface area contributed by atoms with Gasteiger partial charge in [-0.2, -0.15) is 0 Å². The zero-order chi connectivity index (χ0) is 42.1. The molecule has 0 amide bonds. The lowest BCUT2D eigenvalue weighted by Gasteiger charge is -2.11. The lowest BCUT2D eigenvalue weighted by atomic mass is 10.0. The van der Waals surface area contributed by atoms with Gasteiger partial charge >= 0.3 is 0 Å². The van der Waals surface area contributed by atoms with Crippen LogP contribution in [0, 0.1) is 0 Å². The predicted molar refractivity (Wildman–Crippen MR) is 262 cm³/mol. The van der Waals surface area contributed by atoms with Crippen molar-refractivity contribution in [1.29, 1.82) is 0 Å². The van der Waals surface area contributed by atoms with Crippen LogP contribution in [0.1, 0.15) is 45.0 Å². The number of nitrogens with one attached hydrogen (secondary N) is 2. The van der Waals surface area contributed by atoms with E-state index >= 15 is 0 Å². The molecule has 0 radical (unpaired) electrons. The normalized spacial score (nSPS) is 12.9. The number of benzene rings is 4. The second-order valence-electron chi connectivity index (χ2n) is 16.0. The summed E-state index contributed by atoms with van der Waals surface area (Å²) < 4.78 is 4.61. The van der Waals surface area contributed by atoms with Crippen LogP contribution in [-0.2, 0) is 0 Å². The van der Waals surface area contributed by atoms with Gasteiger partial charge in [-0.1, -0.05) is 48.5 Å². The first-order valence-corrected chi connectivity index (χ1v) is 22.8. The van der Waals surface area contributed by atoms with Crippen molar-refractivity contribution in [3.05, 3.63) is 258 Å². The second kappa shape index (κ2) is 14.8. The van der Waals surface area contributed by atoms with Crippen molar-refractivity contribution < 1.29 is 0 Å². The number of aromatic amines is 2. The lowest BCUT2D eigenvalue weighted by molar-refractivity contribution is 1.29. The largest absolute Gasteiger partial charge is 0.354 e. The molecule has 12 aromatic rings. The lowest BCUT2D eigenvalue weighted by Crippen LogP contribution is -2.09. The summed E-state index contributed by atoms with van der Waals surface area (Å²) in [6.07, 6.45) is 7.42. The molecule has 0 saturated carbocycles. The zero-order valence-electron chi connectivity index (χ0n) is 34.1. The van der Waals surface area contributed by atoms with Crippen LogP contribution in [0.3, 0.4) is 0 Å². The minimum absolute atomic E-state index is 0.967. The molecular weight excluding hydrogens is 821 g/mol. The molecule has 2 N–H and O–H groups in total. The van der Waals surface area contributed by atoms with E-state index in [2.05, 4.69) is 175 Å². The molecule has 0 unspecified atom stereocenters. The number of aromatic nitrogens is 6. The number of thiophene rings is 2. The van der Waals surface area contributed by atoms with Crippen LogP contribution in [0.25, 0.3) is 65.9 Å². The minimum atomic E-state index is 0.967. The molecule has 0 spiro atoms. The molecular formula is C56H34N6S2. The van der Waals surface area contributed by atoms with E-state index in [4.69, 9.17) is 0 Å². The fourth-order valence-electron chi connectivity index (χ4n) is 9.23. The second-order valence-corrected chi connectivity index (χ2v) is 18.2. The van der Waals surface area contributed by atoms with Crippen LogP contribution in [0.5, 0.6) is 0 Å². The number of rotatable bonds is 4. The molecule has 8 aromatic heterocycles. The Morgan fingerprint density at radius 3 is 0.812 bits per heavy atom. The van der Waals surface area contributed by atoms with Crippen molar-refractivity contribution in [2.24, 2.45) is 0 Å². The van der Waals surface area contributed by atoms with E-state index in [9.17, 15) is 0 Å². The third-order valence-electron chi connectivity index (χ3n) is 12.2. The third-order valence-corrected chi connectivity index (χ3v) is 14.5. The molecule has 0 aliphatic carbocycles. The van der Waals surface area contributed by atoms with Crippen molar-refractivity contribution >= 4 is 88.6 Å². The van der Waals surface area contributed by atoms with Crippen molar-refractivity contribution in [1.82, 2.24) is 29.9 Å². The van der Waals surface area contributed by atoms with Gasteiger partial charge in [0.05, 0.1) is 22.1 Å². The molecule has 0 fully saturated rings. The first-order valence-electron chi connectivity index (χ1n) is 21.2. The summed E-state index contributed by atoms with van der Waals surface area (Å²) >= 11 is 3.61. The summed E-state index contributed by atoms with van der Waals surface area (Å²) in [6.45, 7) is 0. The van der Waals surface area contributed by atoms with Crippen LogP contribution in [0.15, 0.2) is 195 Å². The Morgan fingerprint density at radius 1 is 0.281 bits per heavy atom. The van der Waals surface area contributed by atoms with E-state index in [0.717, 1.165) is 129 Å². The zero-order valence-corrected chi connectivity index (χ0v) is 35.7. The highest BCUT2D eigenvalue weighted by molar-refractivity contribution is 7.08. The average molecular weight is 855 g/mol. The van der Waals surface area contributed by atoms with Crippen molar-refractivity contribution in [2.75, 3.05) is 0 Å². The topological polar surface area (TPSA) is 83.1 Å². The number of fused-ring (bicyclic) bond motifs is 12. The van der Waals surface area contributed by atoms with Crippen LogP contribution in [-0.4, -0.2) is 29.9 Å². The SMILES string of the molecule is c1cnc2ccc(C3=c4ccc(s4)=C(c4ccc5ncccc5c4)c4ccc([nH]4)C(c4ccc5ncccc5c4)=c4ccc(s4)=C(c4ccc5ncccc5c4)c4ccc3[nH]4)cc2c1. The maximum atomic E-state index is 4.66. The fourth-order valence-corrected chi connectivity index (χ4v) is 11.6. The number of hydrogen-bond donors (Lipinski definition) is 2. The average Bonchev–Trinajstić information content (AvgIpc) is 4.20. The van der Waals surface area contributed by atoms with Gasteiger partial charge in [-0.3, -0.25) is 19.9 Å². The first kappa shape index (κ1) is 36.6. The maximum Gasteiger partial charge on any atom is 0.0702 e. The molecule has 0 atom stereocenters. The van der Waals surface area contributed by atoms with Gasteiger partial charge < -0.3 is 9.97 Å². The summed E-state index contributed by atoms with van der Waals surface area (Å²) in [5, 5.41) is 4.38. The van der Waals surface area contributed by atoms with Gasteiger partial charge in [0.1, 0.15) is 0 Å². The van der Waals surface area contributed by atoms with E-state index in [0.29, 0.717) is 0 Å². The van der Waals surface area contributed by atoms with Gasteiger partial charge in [0, 0.05) is 110 Å². The summed E-state index contributed by atoms with van der Waals surface area (Å²) in [4.78, 5) is 26.6. The quantitative estimate of drug-likeness (QED) is 0.185. The van der Waals surface area contributed by atoms with Crippen LogP contribution >= 0.6 is 22.7 Å².